The molecule has 2 aromatic carbocycles. The van der Waals surface area contributed by atoms with E-state index in [0.29, 0.717) is 27.8 Å². The first-order chi connectivity index (χ1) is 14.3. The van der Waals surface area contributed by atoms with Crippen LogP contribution in [0.3, 0.4) is 0 Å². The van der Waals surface area contributed by atoms with Gasteiger partial charge >= 0.3 is 5.97 Å². The van der Waals surface area contributed by atoms with Gasteiger partial charge in [-0.1, -0.05) is 11.6 Å². The zero-order chi connectivity index (χ0) is 21.8. The number of nitrogens with zero attached hydrogens (tertiary/aromatic N) is 1. The molecule has 2 aromatic rings. The van der Waals surface area contributed by atoms with Crippen molar-refractivity contribution in [2.24, 2.45) is 5.92 Å². The van der Waals surface area contributed by atoms with Crippen LogP contribution < -0.4 is 14.4 Å². The molecule has 0 bridgehead atoms. The fourth-order valence-corrected chi connectivity index (χ4v) is 3.40. The van der Waals surface area contributed by atoms with Crippen LogP contribution in [0, 0.1) is 5.92 Å². The van der Waals surface area contributed by atoms with Gasteiger partial charge in [-0.3, -0.25) is 14.4 Å². The molecule has 2 atom stereocenters. The number of esters is 1. The van der Waals surface area contributed by atoms with E-state index in [4.69, 9.17) is 25.8 Å². The highest BCUT2D eigenvalue weighted by Gasteiger charge is 2.38. The molecule has 30 heavy (non-hydrogen) atoms. The summed E-state index contributed by atoms with van der Waals surface area (Å²) in [6.07, 6.45) is -0.990. The second-order valence-electron chi connectivity index (χ2n) is 6.89. The SMILES string of the molecule is COc1ccc(OC)c(N2C[C@@H](C(=O)O[C@H](C)C(=O)c3ccc(Cl)cc3)CC2=O)c1. The third-order valence-corrected chi connectivity index (χ3v) is 5.18. The standard InChI is InChI=1S/C22H22ClNO6/c1-13(21(26)14-4-6-16(23)7-5-14)30-22(27)15-10-20(25)24(12-15)18-11-17(28-2)8-9-19(18)29-3/h4-9,11,13,15H,10,12H2,1-3H3/t13-,15+/m1/s1. The van der Waals surface area contributed by atoms with Gasteiger partial charge in [0.2, 0.25) is 11.7 Å². The Balaban J connectivity index is 1.69. The number of hydrogen-bond donors (Lipinski definition) is 0. The van der Waals surface area contributed by atoms with Crippen molar-refractivity contribution < 1.29 is 28.6 Å². The van der Waals surface area contributed by atoms with E-state index in [1.807, 2.05) is 0 Å². The Kier molecular flexibility index (Phi) is 6.62. The molecule has 0 saturated carbocycles. The molecular weight excluding hydrogens is 410 g/mol. The molecule has 7 nitrogen and oxygen atoms in total. The maximum atomic E-state index is 12.6. The summed E-state index contributed by atoms with van der Waals surface area (Å²) in [4.78, 5) is 39.1. The van der Waals surface area contributed by atoms with E-state index in [1.165, 1.54) is 26.0 Å². The molecule has 1 aliphatic heterocycles. The van der Waals surface area contributed by atoms with Gasteiger partial charge in [0.1, 0.15) is 11.5 Å². The van der Waals surface area contributed by atoms with E-state index >= 15 is 0 Å². The summed E-state index contributed by atoms with van der Waals surface area (Å²) < 4.78 is 15.9. The molecule has 1 heterocycles. The third kappa shape index (κ3) is 4.57. The molecule has 0 aliphatic carbocycles. The first-order valence-corrected chi connectivity index (χ1v) is 9.74. The highest BCUT2D eigenvalue weighted by atomic mass is 35.5. The maximum Gasteiger partial charge on any atom is 0.312 e. The van der Waals surface area contributed by atoms with Gasteiger partial charge in [-0.2, -0.15) is 0 Å². The van der Waals surface area contributed by atoms with Crippen LogP contribution in [0.25, 0.3) is 0 Å². The second kappa shape index (κ2) is 9.17. The minimum atomic E-state index is -0.978. The molecule has 3 rings (SSSR count). The van der Waals surface area contributed by atoms with E-state index < -0.39 is 18.0 Å². The van der Waals surface area contributed by atoms with Gasteiger partial charge in [0.25, 0.3) is 0 Å². The van der Waals surface area contributed by atoms with Gasteiger partial charge in [0.15, 0.2) is 6.10 Å². The quantitative estimate of drug-likeness (QED) is 0.492. The third-order valence-electron chi connectivity index (χ3n) is 4.93. The zero-order valence-corrected chi connectivity index (χ0v) is 17.6. The first kappa shape index (κ1) is 21.6. The van der Waals surface area contributed by atoms with Crippen LogP contribution >= 0.6 is 11.6 Å². The van der Waals surface area contributed by atoms with Gasteiger partial charge in [0.05, 0.1) is 25.8 Å². The monoisotopic (exact) mass is 431 g/mol. The van der Waals surface area contributed by atoms with E-state index in [0.717, 1.165) is 0 Å². The lowest BCUT2D eigenvalue weighted by atomic mass is 10.1. The van der Waals surface area contributed by atoms with E-state index in [1.54, 1.807) is 42.5 Å². The lowest BCUT2D eigenvalue weighted by Crippen LogP contribution is -2.30. The predicted octanol–water partition coefficient (Wildman–Crippen LogP) is 3.52. The number of halogens is 1. The number of Topliss-reactive ketones (excluding diaryl/α,β-unsaturated/α-hetero) is 1. The Hall–Kier alpha value is -3.06. The predicted molar refractivity (Wildman–Crippen MR) is 111 cm³/mol. The number of ether oxygens (including phenoxy) is 3. The maximum absolute atomic E-state index is 12.6. The molecule has 1 fully saturated rings. The van der Waals surface area contributed by atoms with Crippen LogP contribution in [-0.4, -0.2) is 44.5 Å². The van der Waals surface area contributed by atoms with Crippen LogP contribution in [0.5, 0.6) is 11.5 Å². The Morgan fingerprint density at radius 1 is 1.10 bits per heavy atom. The van der Waals surface area contributed by atoms with Crippen LogP contribution in [0.4, 0.5) is 5.69 Å². The zero-order valence-electron chi connectivity index (χ0n) is 16.9. The van der Waals surface area contributed by atoms with Crippen molar-refractivity contribution in [1.82, 2.24) is 0 Å². The number of benzene rings is 2. The average Bonchev–Trinajstić information content (AvgIpc) is 3.14. The van der Waals surface area contributed by atoms with Crippen LogP contribution in [0.1, 0.15) is 23.7 Å². The number of ketones is 1. The van der Waals surface area contributed by atoms with E-state index in [-0.39, 0.29) is 24.7 Å². The van der Waals surface area contributed by atoms with Gasteiger partial charge in [-0.25, -0.2) is 0 Å². The summed E-state index contributed by atoms with van der Waals surface area (Å²) >= 11 is 5.83. The summed E-state index contributed by atoms with van der Waals surface area (Å²) in [6, 6.07) is 11.4. The summed E-state index contributed by atoms with van der Waals surface area (Å²) in [5.74, 6) is -0.802. The Morgan fingerprint density at radius 3 is 2.43 bits per heavy atom. The second-order valence-corrected chi connectivity index (χ2v) is 7.33. The summed E-state index contributed by atoms with van der Waals surface area (Å²) in [7, 11) is 3.03. The largest absolute Gasteiger partial charge is 0.497 e. The molecule has 1 amide bonds. The van der Waals surface area contributed by atoms with Crippen molar-refractivity contribution in [1.29, 1.82) is 0 Å². The van der Waals surface area contributed by atoms with Crippen LogP contribution in [-0.2, 0) is 14.3 Å². The van der Waals surface area contributed by atoms with Crippen molar-refractivity contribution in [3.8, 4) is 11.5 Å². The number of rotatable bonds is 7. The number of amides is 1. The summed E-state index contributed by atoms with van der Waals surface area (Å²) in [5, 5.41) is 0.508. The van der Waals surface area contributed by atoms with Crippen molar-refractivity contribution in [2.45, 2.75) is 19.4 Å². The van der Waals surface area contributed by atoms with Crippen LogP contribution in [0.2, 0.25) is 5.02 Å². The highest BCUT2D eigenvalue weighted by molar-refractivity contribution is 6.30. The number of hydrogen-bond acceptors (Lipinski definition) is 6. The first-order valence-electron chi connectivity index (χ1n) is 9.36. The average molecular weight is 432 g/mol. The molecule has 0 aromatic heterocycles. The molecule has 8 heteroatoms. The van der Waals surface area contributed by atoms with Gasteiger partial charge in [-0.05, 0) is 43.3 Å². The Labute approximate surface area is 179 Å². The number of anilines is 1. The number of carbonyl (C=O) groups is 3. The fourth-order valence-electron chi connectivity index (χ4n) is 3.28. The minimum Gasteiger partial charge on any atom is -0.497 e. The topological polar surface area (TPSA) is 82.1 Å². The van der Waals surface area contributed by atoms with Gasteiger partial charge < -0.3 is 19.1 Å². The molecule has 0 radical (unpaired) electrons. The Morgan fingerprint density at radius 2 is 1.80 bits per heavy atom. The fraction of sp³-hybridized carbons (Fsp3) is 0.318. The molecule has 1 aliphatic rings. The van der Waals surface area contributed by atoms with Crippen molar-refractivity contribution in [2.75, 3.05) is 25.7 Å². The number of carbonyl (C=O) groups excluding carboxylic acids is 3. The Bertz CT molecular complexity index is 959. The van der Waals surface area contributed by atoms with Gasteiger partial charge in [-0.15, -0.1) is 0 Å². The number of methoxy groups -OCH3 is 2. The van der Waals surface area contributed by atoms with E-state index in [9.17, 15) is 14.4 Å². The summed E-state index contributed by atoms with van der Waals surface area (Å²) in [5.41, 5.74) is 0.910. The molecule has 0 unspecified atom stereocenters. The summed E-state index contributed by atoms with van der Waals surface area (Å²) in [6.45, 7) is 1.64. The molecule has 0 N–H and O–H groups in total. The normalized spacial score (nSPS) is 16.9. The van der Waals surface area contributed by atoms with Crippen molar-refractivity contribution >= 4 is 34.9 Å². The minimum absolute atomic E-state index is 0.0128. The molecule has 1 saturated heterocycles. The van der Waals surface area contributed by atoms with E-state index in [2.05, 4.69) is 0 Å². The highest BCUT2D eigenvalue weighted by Crippen LogP contribution is 2.36. The van der Waals surface area contributed by atoms with Gasteiger partial charge in [0, 0.05) is 29.6 Å². The van der Waals surface area contributed by atoms with Crippen molar-refractivity contribution in [3.63, 3.8) is 0 Å². The molecule has 0 spiro atoms. The smallest absolute Gasteiger partial charge is 0.312 e. The van der Waals surface area contributed by atoms with Crippen LogP contribution in [0.15, 0.2) is 42.5 Å². The molecular formula is C22H22ClNO6. The van der Waals surface area contributed by atoms with Crippen molar-refractivity contribution in [3.05, 3.63) is 53.1 Å². The lowest BCUT2D eigenvalue weighted by Gasteiger charge is -2.20. The lowest BCUT2D eigenvalue weighted by molar-refractivity contribution is -0.151. The molecule has 158 valence electrons.